The Morgan fingerprint density at radius 1 is 0.719 bits per heavy atom. The second-order valence-corrected chi connectivity index (χ2v) is 11.0. The molecular weight excluding hydrogens is 727 g/mol. The van der Waals surface area contributed by atoms with Gasteiger partial charge in [0.15, 0.2) is 6.29 Å². The van der Waals surface area contributed by atoms with Crippen LogP contribution in [0.2, 0.25) is 0 Å². The summed E-state index contributed by atoms with van der Waals surface area (Å²) in [5.74, 6) is 58.0. The second kappa shape index (κ2) is 29.4. The Hall–Kier alpha value is -6.95. The van der Waals surface area contributed by atoms with E-state index in [1.54, 1.807) is 6.92 Å². The predicted molar refractivity (Wildman–Crippen MR) is 259 cm³/mol. The Morgan fingerprint density at radius 3 is 1.70 bits per heavy atom. The number of aliphatic hydroxyl groups is 6. The highest BCUT2D eigenvalue weighted by Crippen LogP contribution is 2.22. The molecule has 0 bridgehead atoms. The Labute approximate surface area is 368 Å². The molecular formula is C46H83NO10. The molecule has 1 aromatic carbocycles. The van der Waals surface area contributed by atoms with Crippen LogP contribution in [0, 0.1) is 142 Å². The number of ether oxygens (including phenoxy) is 3. The highest BCUT2D eigenvalue weighted by atomic mass is 16.7. The van der Waals surface area contributed by atoms with Crippen molar-refractivity contribution < 1.29 is 83.9 Å². The normalized spacial score (nSPS) is 18.0. The van der Waals surface area contributed by atoms with Crippen LogP contribution in [-0.2, 0) is 25.4 Å². The molecule has 1 saturated heterocycles. The molecule has 0 spiro atoms. The smallest absolute Gasteiger partial charge is 0.297 e. The molecule has 1 aromatic rings. The number of benzene rings is 1. The third-order valence-corrected chi connectivity index (χ3v) is 6.91. The van der Waals surface area contributed by atoms with Gasteiger partial charge >= 0.3 is 0 Å². The van der Waals surface area contributed by atoms with E-state index in [1.807, 2.05) is 30.3 Å². The number of rotatable bonds is 13. The monoisotopic (exact) mass is 810 g/mol. The van der Waals surface area contributed by atoms with Crippen LogP contribution < -0.4 is 5.32 Å². The lowest BCUT2D eigenvalue weighted by molar-refractivity contribution is -0.303. The molecule has 1 aliphatic heterocycles. The zero-order valence-corrected chi connectivity index (χ0v) is 30.6. The van der Waals surface area contributed by atoms with E-state index in [0.29, 0.717) is 6.42 Å². The van der Waals surface area contributed by atoms with Gasteiger partial charge in [-0.3, -0.25) is 4.79 Å². The fourth-order valence-corrected chi connectivity index (χ4v) is 4.20. The van der Waals surface area contributed by atoms with Crippen molar-refractivity contribution in [2.75, 3.05) is 26.4 Å². The van der Waals surface area contributed by atoms with Gasteiger partial charge < -0.3 is 50.2 Å². The lowest BCUT2D eigenvalue weighted by atomic mass is 9.99. The molecule has 1 amide bonds. The van der Waals surface area contributed by atoms with Gasteiger partial charge in [0.05, 0.1) is 25.9 Å². The molecule has 2 rings (SSSR count). The van der Waals surface area contributed by atoms with Gasteiger partial charge in [-0.15, -0.1) is 0 Å². The van der Waals surface area contributed by atoms with Crippen molar-refractivity contribution in [3.05, 3.63) is 35.9 Å². The lowest BCUT2D eigenvalue weighted by Crippen LogP contribution is -2.60. The fraction of sp³-hybridized carbons (Fsp3) is 0.326. The number of aryl methyl sites for hydroxylation is 1. The Balaban J connectivity index is -0.0000000667. The first-order valence-electron chi connectivity index (χ1n) is 16.9. The minimum Gasteiger partial charge on any atom is -0.394 e. The van der Waals surface area contributed by atoms with Crippen molar-refractivity contribution >= 4 is 5.91 Å². The predicted octanol–water partition coefficient (Wildman–Crippen LogP) is 3.62. The minimum absolute atomic E-state index is 0. The highest BCUT2D eigenvalue weighted by molar-refractivity contribution is 5.94. The topological polar surface area (TPSA) is 178 Å². The maximum Gasteiger partial charge on any atom is 0.297 e. The Kier molecular flexibility index (Phi) is 23.8. The number of nitrogens with one attached hydrogen (secondary N) is 1. The molecule has 57 heavy (non-hydrogen) atoms. The summed E-state index contributed by atoms with van der Waals surface area (Å²) in [5.41, 5.74) is 1.12. The van der Waals surface area contributed by atoms with Crippen LogP contribution >= 0.6 is 0 Å². The Bertz CT molecular complexity index is 2370. The van der Waals surface area contributed by atoms with Gasteiger partial charge in [-0.25, -0.2) is 0 Å². The van der Waals surface area contributed by atoms with Crippen LogP contribution in [0.3, 0.4) is 0 Å². The minimum atomic E-state index is -1.74. The maximum atomic E-state index is 12.6. The van der Waals surface area contributed by atoms with Crippen LogP contribution in [0.4, 0.5) is 0 Å². The number of carbonyl (C=O) groups excluding carboxylic acids is 1. The molecule has 332 valence electrons. The van der Waals surface area contributed by atoms with Crippen molar-refractivity contribution in [3.8, 4) is 142 Å². The average Bonchev–Trinajstić information content (AvgIpc) is 3.22. The van der Waals surface area contributed by atoms with Crippen molar-refractivity contribution in [1.29, 1.82) is 0 Å². The molecule has 0 aromatic heterocycles. The first kappa shape index (κ1) is 46.2. The van der Waals surface area contributed by atoms with Crippen LogP contribution in [-0.4, -0.2) is 112 Å². The number of aliphatic hydroxyl groups excluding tert-OH is 6. The molecule has 7 N–H and O–H groups in total. The molecule has 1 fully saturated rings. The fourth-order valence-electron chi connectivity index (χ4n) is 4.20. The zero-order chi connectivity index (χ0) is 41.4. The summed E-state index contributed by atoms with van der Waals surface area (Å²) in [4.78, 5) is 12.6. The van der Waals surface area contributed by atoms with E-state index in [9.17, 15) is 35.4 Å². The molecule has 0 radical (unpaired) electrons. The molecule has 0 saturated carbocycles. The third-order valence-electron chi connectivity index (χ3n) is 6.91. The number of amides is 1. The number of hydrogen-bond acceptors (Lipinski definition) is 10. The number of hydrogen-bond donors (Lipinski definition) is 7. The lowest BCUT2D eigenvalue weighted by Gasteiger charge is -2.40. The van der Waals surface area contributed by atoms with E-state index < -0.39 is 68.1 Å². The first-order chi connectivity index (χ1) is 27.8. The summed E-state index contributed by atoms with van der Waals surface area (Å²) < 4.78 is 16.3. The summed E-state index contributed by atoms with van der Waals surface area (Å²) in [6.45, 7) is 0.417. The van der Waals surface area contributed by atoms with Gasteiger partial charge in [-0.2, -0.15) is 0 Å². The third kappa shape index (κ3) is 20.3. The second-order valence-electron chi connectivity index (χ2n) is 11.0. The Morgan fingerprint density at radius 2 is 1.21 bits per heavy atom. The van der Waals surface area contributed by atoms with E-state index in [2.05, 4.69) is 147 Å². The molecule has 1 heterocycles. The van der Waals surface area contributed by atoms with Gasteiger partial charge in [0.25, 0.3) is 5.91 Å². The molecule has 8 atom stereocenters. The van der Waals surface area contributed by atoms with E-state index in [4.69, 9.17) is 14.2 Å². The SMILES string of the molecule is CC#CC#CC#CC#CC#CC#CC#CC#CC#CC#CC#CC#CC(=O)N[C@@H](CO[C@H]1OC(CO)[C@H](O)[C@H](O)C1O)[C@H](O)[C@H](O)COCCCc1ccccc1.[HH].[HH].[HH].[HH].[HH].[HH].[HH].[HH].[HH].[HH].[HH].[HH].[HH].[HH].[HH].[HH].[HH].[HH].[HH].[HH].[HH].[HH].[HH].[HH]. The summed E-state index contributed by atoms with van der Waals surface area (Å²) >= 11 is 0. The quantitative estimate of drug-likeness (QED) is 0.115. The average molecular weight is 810 g/mol. The van der Waals surface area contributed by atoms with Crippen molar-refractivity contribution in [1.82, 2.24) is 5.32 Å². The summed E-state index contributed by atoms with van der Waals surface area (Å²) in [6, 6.07) is 8.39. The summed E-state index contributed by atoms with van der Waals surface area (Å²) in [5, 5.41) is 63.8. The van der Waals surface area contributed by atoms with Gasteiger partial charge in [0.1, 0.15) is 36.6 Å². The van der Waals surface area contributed by atoms with Gasteiger partial charge in [0, 0.05) is 82.3 Å². The van der Waals surface area contributed by atoms with Crippen molar-refractivity contribution in [3.63, 3.8) is 0 Å². The molecule has 0 aliphatic carbocycles. The standard InChI is InChI=1S/C46H35NO10.24H2/c1-2-3-4-5-6-7-8-9-10-11-12-13-14-15-16-17-18-19-20-21-22-23-27-32-41(50)47-38(35-56-46-45(54)44(53)43(52)40(34-48)57-46)42(51)39(49)36-55-33-28-31-37-29-25-24-26-30-37;;;;;;;;;;;;;;;;;;;;;;;;/h24-26,29-30,38-40,42-46,48-49,51-54H,28,31,33-36H2,1H3,(H,47,50);24*1H/t38-,39+,40?,42-,43-,44-,45?,46-;;;;;;;;;;;;;;;;;;;;;;;;/m0......................../s1. The first-order valence-corrected chi connectivity index (χ1v) is 16.9. The van der Waals surface area contributed by atoms with E-state index in [1.165, 1.54) is 0 Å². The van der Waals surface area contributed by atoms with E-state index in [-0.39, 0.29) is 47.5 Å². The maximum absolute atomic E-state index is 12.6. The van der Waals surface area contributed by atoms with Crippen LogP contribution in [0.15, 0.2) is 30.3 Å². The van der Waals surface area contributed by atoms with Crippen LogP contribution in [0.5, 0.6) is 0 Å². The number of carbonyl (C=O) groups is 1. The highest BCUT2D eigenvalue weighted by Gasteiger charge is 2.44. The van der Waals surface area contributed by atoms with Gasteiger partial charge in [-0.05, 0) is 120 Å². The van der Waals surface area contributed by atoms with Gasteiger partial charge in [0.2, 0.25) is 0 Å². The molecule has 11 nitrogen and oxygen atoms in total. The zero-order valence-electron chi connectivity index (χ0n) is 30.6. The molecule has 2 unspecified atom stereocenters. The van der Waals surface area contributed by atoms with Crippen molar-refractivity contribution in [2.45, 2.75) is 68.7 Å². The van der Waals surface area contributed by atoms with E-state index in [0.717, 1.165) is 12.0 Å². The van der Waals surface area contributed by atoms with E-state index >= 15 is 0 Å². The summed E-state index contributed by atoms with van der Waals surface area (Å²) in [6.07, 6.45) is -9.64. The molecule has 11 heteroatoms. The largest absolute Gasteiger partial charge is 0.394 e. The van der Waals surface area contributed by atoms with Crippen LogP contribution in [0.25, 0.3) is 0 Å². The van der Waals surface area contributed by atoms with Crippen molar-refractivity contribution in [2.24, 2.45) is 0 Å². The van der Waals surface area contributed by atoms with Crippen LogP contribution in [0.1, 0.15) is 53.1 Å². The van der Waals surface area contributed by atoms with Gasteiger partial charge in [-0.1, -0.05) is 36.3 Å². The summed E-state index contributed by atoms with van der Waals surface area (Å²) in [7, 11) is 0. The molecule has 1 aliphatic rings.